The predicted molar refractivity (Wildman–Crippen MR) is 101 cm³/mol. The lowest BCUT2D eigenvalue weighted by Crippen LogP contribution is -2.31. The number of allylic oxidation sites excluding steroid dienone is 1. The maximum absolute atomic E-state index is 9.95. The van der Waals surface area contributed by atoms with Crippen LogP contribution in [0.5, 0.6) is 0 Å². The summed E-state index contributed by atoms with van der Waals surface area (Å²) in [4.78, 5) is 0.818. The molecule has 0 bridgehead atoms. The molecule has 132 valence electrons. The molecule has 0 aliphatic carbocycles. The lowest BCUT2D eigenvalue weighted by Gasteiger charge is -2.14. The van der Waals surface area contributed by atoms with Crippen LogP contribution in [-0.2, 0) is 0 Å². The lowest BCUT2D eigenvalue weighted by molar-refractivity contribution is 0.112. The van der Waals surface area contributed by atoms with Gasteiger partial charge in [0.25, 0.3) is 0 Å². The highest BCUT2D eigenvalue weighted by Gasteiger charge is 2.17. The van der Waals surface area contributed by atoms with E-state index in [9.17, 15) is 5.11 Å². The van der Waals surface area contributed by atoms with Gasteiger partial charge in [0.2, 0.25) is 0 Å². The Morgan fingerprint density at radius 1 is 1.13 bits per heavy atom. The first-order chi connectivity index (χ1) is 11.2. The van der Waals surface area contributed by atoms with Gasteiger partial charge in [-0.1, -0.05) is 64.0 Å². The Morgan fingerprint density at radius 2 is 1.78 bits per heavy atom. The highest BCUT2D eigenvalue weighted by Crippen LogP contribution is 2.25. The van der Waals surface area contributed by atoms with Crippen molar-refractivity contribution in [3.05, 3.63) is 28.0 Å². The average molecular weight is 340 g/mol. The monoisotopic (exact) mass is 339 g/mol. The van der Waals surface area contributed by atoms with Crippen molar-refractivity contribution in [1.29, 1.82) is 0 Å². The molecule has 0 aromatic carbocycles. The Hall–Kier alpha value is -0.680. The van der Waals surface area contributed by atoms with Crippen LogP contribution >= 0.6 is 11.3 Å². The van der Waals surface area contributed by atoms with Crippen molar-refractivity contribution < 1.29 is 10.2 Å². The molecule has 1 rings (SSSR count). The summed E-state index contributed by atoms with van der Waals surface area (Å²) in [5.74, 6) is 0. The summed E-state index contributed by atoms with van der Waals surface area (Å²) in [5, 5.41) is 21.0. The fourth-order valence-electron chi connectivity index (χ4n) is 2.54. The Morgan fingerprint density at radius 3 is 2.43 bits per heavy atom. The van der Waals surface area contributed by atoms with E-state index in [-0.39, 0.29) is 6.61 Å². The normalized spacial score (nSPS) is 14.4. The van der Waals surface area contributed by atoms with E-state index in [4.69, 9.17) is 10.8 Å². The van der Waals surface area contributed by atoms with Gasteiger partial charge in [0, 0.05) is 4.88 Å². The van der Waals surface area contributed by atoms with Crippen LogP contribution in [0.25, 0.3) is 6.08 Å². The Kier molecular flexibility index (Phi) is 11.3. The number of hydrogen-bond acceptors (Lipinski definition) is 4. The van der Waals surface area contributed by atoms with E-state index in [1.807, 2.05) is 11.4 Å². The molecular formula is C19H33NO2S. The fourth-order valence-corrected chi connectivity index (χ4v) is 3.47. The molecule has 3 nitrogen and oxygen atoms in total. The Bertz CT molecular complexity index is 431. The highest BCUT2D eigenvalue weighted by atomic mass is 32.1. The van der Waals surface area contributed by atoms with Crippen LogP contribution in [0, 0.1) is 0 Å². The van der Waals surface area contributed by atoms with Crippen LogP contribution in [-0.4, -0.2) is 22.9 Å². The molecule has 0 unspecified atom stereocenters. The van der Waals surface area contributed by atoms with Gasteiger partial charge in [-0.3, -0.25) is 0 Å². The molecule has 0 aliphatic rings. The number of hydrogen-bond donors (Lipinski definition) is 3. The van der Waals surface area contributed by atoms with E-state index < -0.39 is 12.1 Å². The second-order valence-electron chi connectivity index (χ2n) is 6.24. The molecule has 1 heterocycles. The van der Waals surface area contributed by atoms with E-state index in [1.54, 1.807) is 0 Å². The molecule has 2 atom stereocenters. The molecule has 4 heteroatoms. The second-order valence-corrected chi connectivity index (χ2v) is 7.18. The van der Waals surface area contributed by atoms with Crippen LogP contribution in [0.15, 0.2) is 17.5 Å². The third kappa shape index (κ3) is 8.66. The molecule has 0 aliphatic heterocycles. The van der Waals surface area contributed by atoms with Gasteiger partial charge in [-0.15, -0.1) is 11.3 Å². The summed E-state index contributed by atoms with van der Waals surface area (Å²) in [7, 11) is 0. The summed E-state index contributed by atoms with van der Waals surface area (Å²) in [5.41, 5.74) is 6.76. The number of unbranched alkanes of at least 4 members (excludes halogenated alkanes) is 8. The van der Waals surface area contributed by atoms with Crippen LogP contribution < -0.4 is 5.73 Å². The minimum absolute atomic E-state index is 0.206. The van der Waals surface area contributed by atoms with Crippen molar-refractivity contribution in [1.82, 2.24) is 0 Å². The van der Waals surface area contributed by atoms with Gasteiger partial charge < -0.3 is 15.9 Å². The minimum atomic E-state index is -0.778. The lowest BCUT2D eigenvalue weighted by atomic mass is 10.1. The maximum Gasteiger partial charge on any atom is 0.105 e. The van der Waals surface area contributed by atoms with Gasteiger partial charge in [-0.05, 0) is 29.9 Å². The highest BCUT2D eigenvalue weighted by molar-refractivity contribution is 7.10. The molecule has 0 amide bonds. The summed E-state index contributed by atoms with van der Waals surface area (Å²) in [6, 6.07) is 1.34. The standard InChI is InChI=1S/C19H33NO2S/c1-2-3-4-5-6-7-8-9-10-11-12-16-13-18(23-15-16)19(22)17(20)14-21/h11-13,15,17,19,21-22H,2-10,14,20H2,1H3/b12-11+/t17-,19-/m0/s1. The smallest absolute Gasteiger partial charge is 0.105 e. The van der Waals surface area contributed by atoms with Crippen LogP contribution in [0.4, 0.5) is 0 Å². The third-order valence-corrected chi connectivity index (χ3v) is 5.10. The number of aliphatic hydroxyl groups is 2. The first kappa shape index (κ1) is 20.4. The summed E-state index contributed by atoms with van der Waals surface area (Å²) < 4.78 is 0. The number of nitrogens with two attached hydrogens (primary N) is 1. The molecule has 1 aromatic rings. The van der Waals surface area contributed by atoms with Crippen molar-refractivity contribution in [3.63, 3.8) is 0 Å². The molecule has 0 radical (unpaired) electrons. The zero-order valence-electron chi connectivity index (χ0n) is 14.4. The quantitative estimate of drug-likeness (QED) is 0.458. The fraction of sp³-hybridized carbons (Fsp3) is 0.684. The Balaban J connectivity index is 2.15. The molecule has 4 N–H and O–H groups in total. The van der Waals surface area contributed by atoms with E-state index in [0.717, 1.165) is 16.9 Å². The third-order valence-electron chi connectivity index (χ3n) is 4.08. The predicted octanol–water partition coefficient (Wildman–Crippen LogP) is 4.65. The molecule has 23 heavy (non-hydrogen) atoms. The van der Waals surface area contributed by atoms with Gasteiger partial charge >= 0.3 is 0 Å². The summed E-state index contributed by atoms with van der Waals surface area (Å²) in [6.07, 6.45) is 15.4. The molecular weight excluding hydrogens is 306 g/mol. The van der Waals surface area contributed by atoms with Gasteiger partial charge in [-0.25, -0.2) is 0 Å². The molecule has 0 saturated carbocycles. The van der Waals surface area contributed by atoms with Crippen molar-refractivity contribution in [3.8, 4) is 0 Å². The first-order valence-corrected chi connectivity index (χ1v) is 9.86. The number of thiophene rings is 1. The van der Waals surface area contributed by atoms with Crippen LogP contribution in [0.1, 0.15) is 81.3 Å². The largest absolute Gasteiger partial charge is 0.395 e. The van der Waals surface area contributed by atoms with Crippen LogP contribution in [0.3, 0.4) is 0 Å². The topological polar surface area (TPSA) is 66.5 Å². The van der Waals surface area contributed by atoms with Gasteiger partial charge in [0.1, 0.15) is 6.10 Å². The maximum atomic E-state index is 9.95. The molecule has 0 fully saturated rings. The van der Waals surface area contributed by atoms with E-state index in [0.29, 0.717) is 0 Å². The number of rotatable bonds is 13. The van der Waals surface area contributed by atoms with E-state index >= 15 is 0 Å². The van der Waals surface area contributed by atoms with Crippen molar-refractivity contribution >= 4 is 17.4 Å². The van der Waals surface area contributed by atoms with Crippen LogP contribution in [0.2, 0.25) is 0 Å². The minimum Gasteiger partial charge on any atom is -0.395 e. The van der Waals surface area contributed by atoms with Crippen molar-refractivity contribution in [2.24, 2.45) is 5.73 Å². The van der Waals surface area contributed by atoms with E-state index in [2.05, 4.69) is 19.1 Å². The molecule has 0 spiro atoms. The van der Waals surface area contributed by atoms with Gasteiger partial charge in [0.15, 0.2) is 0 Å². The molecule has 1 aromatic heterocycles. The van der Waals surface area contributed by atoms with E-state index in [1.165, 1.54) is 62.7 Å². The zero-order chi connectivity index (χ0) is 16.9. The second kappa shape index (κ2) is 12.7. The number of aliphatic hydroxyl groups excluding tert-OH is 2. The molecule has 0 saturated heterocycles. The Labute approximate surface area is 145 Å². The summed E-state index contributed by atoms with van der Waals surface area (Å²) >= 11 is 1.49. The zero-order valence-corrected chi connectivity index (χ0v) is 15.2. The average Bonchev–Trinajstić information content (AvgIpc) is 3.04. The van der Waals surface area contributed by atoms with Crippen molar-refractivity contribution in [2.45, 2.75) is 76.9 Å². The SMILES string of the molecule is CCCCCCCCCC/C=C/c1csc([C@@H](O)[C@@H](N)CO)c1. The van der Waals surface area contributed by atoms with Crippen molar-refractivity contribution in [2.75, 3.05) is 6.61 Å². The summed E-state index contributed by atoms with van der Waals surface area (Å²) in [6.45, 7) is 2.05. The van der Waals surface area contributed by atoms with Gasteiger partial charge in [0.05, 0.1) is 12.6 Å². The van der Waals surface area contributed by atoms with Gasteiger partial charge in [-0.2, -0.15) is 0 Å². The first-order valence-electron chi connectivity index (χ1n) is 8.98.